The minimum absolute atomic E-state index is 0.116. The van der Waals surface area contributed by atoms with E-state index in [1.807, 2.05) is 7.05 Å². The molecule has 0 aliphatic carbocycles. The van der Waals surface area contributed by atoms with Crippen molar-refractivity contribution in [2.45, 2.75) is 43.0 Å². The fraction of sp³-hybridized carbons (Fsp3) is 0.706. The summed E-state index contributed by atoms with van der Waals surface area (Å²) in [6.45, 7) is 2.94. The number of amides is 1. The Morgan fingerprint density at radius 1 is 1.20 bits per heavy atom. The minimum Gasteiger partial charge on any atom is -0.345 e. The molecule has 0 saturated carbocycles. The van der Waals surface area contributed by atoms with Crippen LogP contribution in [0.4, 0.5) is 0 Å². The molecule has 7 nitrogen and oxygen atoms in total. The number of carbonyl (C=O) groups is 1. The van der Waals surface area contributed by atoms with Crippen LogP contribution in [0.3, 0.4) is 0 Å². The molecule has 1 aromatic heterocycles. The second-order valence-corrected chi connectivity index (χ2v) is 8.97. The topological polar surface area (TPSA) is 74.7 Å². The number of aromatic nitrogens is 1. The molecule has 0 spiro atoms. The number of carbonyl (C=O) groups excluding carboxylic acids is 1. The predicted molar refractivity (Wildman–Crippen MR) is 96.0 cm³/mol. The highest BCUT2D eigenvalue weighted by molar-refractivity contribution is 7.89. The van der Waals surface area contributed by atoms with Gasteiger partial charge in [-0.05, 0) is 44.8 Å². The summed E-state index contributed by atoms with van der Waals surface area (Å²) in [4.78, 5) is 14.8. The standard InChI is InChI=1S/C17H28N4O3S/c1-19-13-15(25(23,24)21-10-4-3-5-11-21)12-16(19)17(22)20(2)14-6-8-18-9-7-14/h12-14,18H,3-11H2,1-2H3. The van der Waals surface area contributed by atoms with Crippen LogP contribution in [0.25, 0.3) is 0 Å². The van der Waals surface area contributed by atoms with Crippen LogP contribution in [0.1, 0.15) is 42.6 Å². The molecule has 3 heterocycles. The van der Waals surface area contributed by atoms with Gasteiger partial charge in [-0.25, -0.2) is 8.42 Å². The molecule has 2 fully saturated rings. The molecule has 0 radical (unpaired) electrons. The maximum Gasteiger partial charge on any atom is 0.270 e. The molecule has 1 N–H and O–H groups in total. The Morgan fingerprint density at radius 2 is 1.84 bits per heavy atom. The van der Waals surface area contributed by atoms with Crippen LogP contribution in [0.15, 0.2) is 17.2 Å². The van der Waals surface area contributed by atoms with E-state index in [0.717, 1.165) is 45.2 Å². The van der Waals surface area contributed by atoms with Crippen molar-refractivity contribution >= 4 is 15.9 Å². The molecular formula is C17H28N4O3S. The van der Waals surface area contributed by atoms with Crippen molar-refractivity contribution in [3.05, 3.63) is 18.0 Å². The number of rotatable bonds is 4. The molecule has 3 rings (SSSR count). The largest absolute Gasteiger partial charge is 0.345 e. The molecule has 2 aliphatic rings. The molecule has 0 atom stereocenters. The smallest absolute Gasteiger partial charge is 0.270 e. The van der Waals surface area contributed by atoms with E-state index in [-0.39, 0.29) is 16.8 Å². The van der Waals surface area contributed by atoms with Crippen molar-refractivity contribution in [1.82, 2.24) is 19.1 Å². The monoisotopic (exact) mass is 368 g/mol. The van der Waals surface area contributed by atoms with E-state index in [1.165, 1.54) is 10.4 Å². The lowest BCUT2D eigenvalue weighted by Gasteiger charge is -2.31. The molecule has 2 saturated heterocycles. The van der Waals surface area contributed by atoms with E-state index in [4.69, 9.17) is 0 Å². The predicted octanol–water partition coefficient (Wildman–Crippen LogP) is 1.02. The van der Waals surface area contributed by atoms with Crippen molar-refractivity contribution in [2.24, 2.45) is 7.05 Å². The van der Waals surface area contributed by atoms with Gasteiger partial charge in [0, 0.05) is 39.4 Å². The van der Waals surface area contributed by atoms with Gasteiger partial charge >= 0.3 is 0 Å². The molecule has 0 unspecified atom stereocenters. The lowest BCUT2D eigenvalue weighted by Crippen LogP contribution is -2.44. The molecule has 140 valence electrons. The number of nitrogens with zero attached hydrogens (tertiary/aromatic N) is 3. The fourth-order valence-electron chi connectivity index (χ4n) is 3.68. The first-order chi connectivity index (χ1) is 11.9. The second-order valence-electron chi connectivity index (χ2n) is 7.03. The number of nitrogens with one attached hydrogen (secondary N) is 1. The summed E-state index contributed by atoms with van der Waals surface area (Å²) in [6, 6.07) is 1.73. The van der Waals surface area contributed by atoms with Gasteiger partial charge in [0.25, 0.3) is 5.91 Å². The van der Waals surface area contributed by atoms with Crippen LogP contribution in [0.2, 0.25) is 0 Å². The SMILES string of the molecule is CN(C(=O)c1cc(S(=O)(=O)N2CCCCC2)cn1C)C1CCNCC1. The highest BCUT2D eigenvalue weighted by atomic mass is 32.2. The Bertz CT molecular complexity index is 716. The first-order valence-corrected chi connectivity index (χ1v) is 10.5. The minimum atomic E-state index is -3.52. The van der Waals surface area contributed by atoms with Gasteiger partial charge in [0.2, 0.25) is 10.0 Å². The summed E-state index contributed by atoms with van der Waals surface area (Å²) in [7, 11) is 0.0285. The van der Waals surface area contributed by atoms with E-state index < -0.39 is 10.0 Å². The Hall–Kier alpha value is -1.38. The quantitative estimate of drug-likeness (QED) is 0.861. The molecule has 1 amide bonds. The van der Waals surface area contributed by atoms with E-state index in [2.05, 4.69) is 5.32 Å². The van der Waals surface area contributed by atoms with Crippen molar-refractivity contribution in [1.29, 1.82) is 0 Å². The summed E-state index contributed by atoms with van der Waals surface area (Å²) in [6.07, 6.45) is 6.28. The highest BCUT2D eigenvalue weighted by Crippen LogP contribution is 2.23. The van der Waals surface area contributed by atoms with Gasteiger partial charge in [0.1, 0.15) is 10.6 Å². The highest BCUT2D eigenvalue weighted by Gasteiger charge is 2.30. The fourth-order valence-corrected chi connectivity index (χ4v) is 5.27. The van der Waals surface area contributed by atoms with E-state index >= 15 is 0 Å². The van der Waals surface area contributed by atoms with E-state index in [9.17, 15) is 13.2 Å². The van der Waals surface area contributed by atoms with Gasteiger partial charge in [0.15, 0.2) is 0 Å². The summed E-state index contributed by atoms with van der Waals surface area (Å²) >= 11 is 0. The normalized spacial score (nSPS) is 20.6. The molecule has 0 aromatic carbocycles. The molecular weight excluding hydrogens is 340 g/mol. The summed E-state index contributed by atoms with van der Waals surface area (Å²) < 4.78 is 28.8. The second kappa shape index (κ2) is 7.47. The number of piperidine rings is 2. The third kappa shape index (κ3) is 3.75. The maximum absolute atomic E-state index is 12.9. The number of sulfonamides is 1. The van der Waals surface area contributed by atoms with E-state index in [1.54, 1.807) is 22.7 Å². The van der Waals surface area contributed by atoms with Crippen LogP contribution < -0.4 is 5.32 Å². The van der Waals surface area contributed by atoms with E-state index in [0.29, 0.717) is 18.8 Å². The van der Waals surface area contributed by atoms with Crippen molar-refractivity contribution in [3.8, 4) is 0 Å². The molecule has 8 heteroatoms. The Morgan fingerprint density at radius 3 is 2.48 bits per heavy atom. The maximum atomic E-state index is 12.9. The van der Waals surface area contributed by atoms with Gasteiger partial charge in [-0.1, -0.05) is 6.42 Å². The number of aryl methyl sites for hydroxylation is 1. The van der Waals surface area contributed by atoms with Crippen molar-refractivity contribution in [2.75, 3.05) is 33.2 Å². The van der Waals surface area contributed by atoms with Gasteiger partial charge < -0.3 is 14.8 Å². The zero-order chi connectivity index (χ0) is 18.0. The third-order valence-electron chi connectivity index (χ3n) is 5.33. The average molecular weight is 369 g/mol. The lowest BCUT2D eigenvalue weighted by molar-refractivity contribution is 0.0693. The first-order valence-electron chi connectivity index (χ1n) is 9.05. The van der Waals surface area contributed by atoms with Crippen LogP contribution in [-0.2, 0) is 17.1 Å². The lowest BCUT2D eigenvalue weighted by atomic mass is 10.1. The zero-order valence-corrected chi connectivity index (χ0v) is 15.9. The zero-order valence-electron chi connectivity index (χ0n) is 15.1. The Labute approximate surface area is 150 Å². The Balaban J connectivity index is 1.80. The van der Waals surface area contributed by atoms with Crippen LogP contribution >= 0.6 is 0 Å². The molecule has 2 aliphatic heterocycles. The van der Waals surface area contributed by atoms with Gasteiger partial charge in [-0.3, -0.25) is 4.79 Å². The summed E-state index contributed by atoms with van der Waals surface area (Å²) in [5.41, 5.74) is 0.427. The van der Waals surface area contributed by atoms with Crippen LogP contribution in [-0.4, -0.2) is 67.4 Å². The summed E-state index contributed by atoms with van der Waals surface area (Å²) in [5.74, 6) is -0.116. The molecule has 1 aromatic rings. The molecule has 25 heavy (non-hydrogen) atoms. The number of hydrogen-bond acceptors (Lipinski definition) is 4. The van der Waals surface area contributed by atoms with Crippen LogP contribution in [0, 0.1) is 0 Å². The summed E-state index contributed by atoms with van der Waals surface area (Å²) in [5, 5.41) is 3.29. The van der Waals surface area contributed by atoms with Crippen molar-refractivity contribution in [3.63, 3.8) is 0 Å². The molecule has 0 bridgehead atoms. The van der Waals surface area contributed by atoms with Crippen molar-refractivity contribution < 1.29 is 13.2 Å². The third-order valence-corrected chi connectivity index (χ3v) is 7.19. The number of hydrogen-bond donors (Lipinski definition) is 1. The Kier molecular flexibility index (Phi) is 5.50. The van der Waals surface area contributed by atoms with Gasteiger partial charge in [0.05, 0.1) is 0 Å². The van der Waals surface area contributed by atoms with Gasteiger partial charge in [-0.2, -0.15) is 4.31 Å². The van der Waals surface area contributed by atoms with Crippen LogP contribution in [0.5, 0.6) is 0 Å². The van der Waals surface area contributed by atoms with Gasteiger partial charge in [-0.15, -0.1) is 0 Å². The average Bonchev–Trinajstić information content (AvgIpc) is 3.04. The first kappa shape index (κ1) is 18.4.